The quantitative estimate of drug-likeness (QED) is 0.260. The van der Waals surface area contributed by atoms with Crippen LogP contribution in [0.1, 0.15) is 73.9 Å². The predicted octanol–water partition coefficient (Wildman–Crippen LogP) is 6.61. The standard InChI is InChI=1S/C36H44ClN3O3/c1-35(2,43-32-16-10-27(11-17-32)20-23-38-33(41)29-12-14-30(37)15-13-29)34(42)39-31-18-21-36(22-19-31,40-24-6-7-25-40)26-28-8-4-3-5-9-28/h3-5,8-17,31H,6-7,18-26H2,1-2H3,(H,38,41)(H,39,42). The van der Waals surface area contributed by atoms with E-state index in [9.17, 15) is 9.59 Å². The number of hydrogen-bond donors (Lipinski definition) is 2. The van der Waals surface area contributed by atoms with Gasteiger partial charge in [-0.2, -0.15) is 0 Å². The SMILES string of the molecule is CC(C)(Oc1ccc(CCNC(=O)c2ccc(Cl)cc2)cc1)C(=O)NC1CCC(Cc2ccccc2)(N2CCCC2)CC1. The zero-order chi connectivity index (χ0) is 30.3. The Bertz CT molecular complexity index is 1340. The molecule has 2 amide bonds. The van der Waals surface area contributed by atoms with Crippen molar-refractivity contribution in [2.24, 2.45) is 0 Å². The molecule has 0 spiro atoms. The minimum absolute atomic E-state index is 0.0804. The number of halogens is 1. The maximum atomic E-state index is 13.4. The van der Waals surface area contributed by atoms with Gasteiger partial charge in [-0.3, -0.25) is 14.5 Å². The van der Waals surface area contributed by atoms with E-state index in [2.05, 4.69) is 45.9 Å². The van der Waals surface area contributed by atoms with E-state index in [1.54, 1.807) is 24.3 Å². The molecule has 7 heteroatoms. The first-order chi connectivity index (χ1) is 20.7. The minimum Gasteiger partial charge on any atom is -0.478 e. The van der Waals surface area contributed by atoms with Crippen LogP contribution >= 0.6 is 11.6 Å². The first-order valence-electron chi connectivity index (χ1n) is 15.6. The van der Waals surface area contributed by atoms with Crippen LogP contribution in [0.15, 0.2) is 78.9 Å². The van der Waals surface area contributed by atoms with Crippen molar-refractivity contribution in [2.45, 2.75) is 82.4 Å². The lowest BCUT2D eigenvalue weighted by Crippen LogP contribution is -2.56. The molecule has 2 fully saturated rings. The second-order valence-electron chi connectivity index (χ2n) is 12.6. The molecule has 1 aliphatic carbocycles. The Morgan fingerprint density at radius 2 is 1.56 bits per heavy atom. The van der Waals surface area contributed by atoms with Crippen LogP contribution in [-0.2, 0) is 17.6 Å². The molecule has 2 aliphatic rings. The fourth-order valence-electron chi connectivity index (χ4n) is 6.52. The third-order valence-corrected chi connectivity index (χ3v) is 9.31. The zero-order valence-electron chi connectivity index (χ0n) is 25.4. The van der Waals surface area contributed by atoms with E-state index in [1.165, 1.54) is 31.5 Å². The van der Waals surface area contributed by atoms with Crippen LogP contribution in [0.5, 0.6) is 5.75 Å². The highest BCUT2D eigenvalue weighted by Gasteiger charge is 2.42. The molecule has 1 saturated carbocycles. The Kier molecular flexibility index (Phi) is 10.1. The largest absolute Gasteiger partial charge is 0.478 e. The van der Waals surface area contributed by atoms with Crippen molar-refractivity contribution in [2.75, 3.05) is 19.6 Å². The molecule has 228 valence electrons. The number of carbonyl (C=O) groups is 2. The molecule has 3 aromatic carbocycles. The molecule has 3 aromatic rings. The summed E-state index contributed by atoms with van der Waals surface area (Å²) < 4.78 is 6.17. The van der Waals surface area contributed by atoms with Gasteiger partial charge >= 0.3 is 0 Å². The van der Waals surface area contributed by atoms with E-state index in [0.29, 0.717) is 29.3 Å². The van der Waals surface area contributed by atoms with Gasteiger partial charge in [-0.05, 0) is 126 Å². The fraction of sp³-hybridized carbons (Fsp3) is 0.444. The van der Waals surface area contributed by atoms with Gasteiger partial charge in [-0.15, -0.1) is 0 Å². The van der Waals surface area contributed by atoms with Crippen molar-refractivity contribution in [1.29, 1.82) is 0 Å². The second-order valence-corrected chi connectivity index (χ2v) is 13.0. The maximum Gasteiger partial charge on any atom is 0.263 e. The van der Waals surface area contributed by atoms with Crippen LogP contribution in [-0.4, -0.2) is 53.5 Å². The summed E-state index contributed by atoms with van der Waals surface area (Å²) in [4.78, 5) is 28.4. The molecule has 1 heterocycles. The van der Waals surface area contributed by atoms with Gasteiger partial charge in [-0.1, -0.05) is 54.1 Å². The summed E-state index contributed by atoms with van der Waals surface area (Å²) in [6.45, 7) is 6.54. The molecular weight excluding hydrogens is 558 g/mol. The van der Waals surface area contributed by atoms with E-state index in [-0.39, 0.29) is 23.4 Å². The monoisotopic (exact) mass is 601 g/mol. The summed E-state index contributed by atoms with van der Waals surface area (Å²) in [7, 11) is 0. The molecule has 5 rings (SSSR count). The molecule has 0 aromatic heterocycles. The average molecular weight is 602 g/mol. The highest BCUT2D eigenvalue weighted by atomic mass is 35.5. The van der Waals surface area contributed by atoms with Crippen molar-refractivity contribution < 1.29 is 14.3 Å². The van der Waals surface area contributed by atoms with Crippen molar-refractivity contribution in [3.8, 4) is 5.75 Å². The van der Waals surface area contributed by atoms with E-state index in [0.717, 1.165) is 37.7 Å². The molecular formula is C36H44ClN3O3. The number of rotatable bonds is 11. The molecule has 0 unspecified atom stereocenters. The van der Waals surface area contributed by atoms with Crippen LogP contribution < -0.4 is 15.4 Å². The number of hydrogen-bond acceptors (Lipinski definition) is 4. The van der Waals surface area contributed by atoms with Crippen molar-refractivity contribution in [3.05, 3.63) is 101 Å². The lowest BCUT2D eigenvalue weighted by atomic mass is 9.74. The van der Waals surface area contributed by atoms with Crippen molar-refractivity contribution in [1.82, 2.24) is 15.5 Å². The van der Waals surface area contributed by atoms with Crippen molar-refractivity contribution in [3.63, 3.8) is 0 Å². The lowest BCUT2D eigenvalue weighted by molar-refractivity contribution is -0.135. The predicted molar refractivity (Wildman–Crippen MR) is 173 cm³/mol. The highest BCUT2D eigenvalue weighted by molar-refractivity contribution is 6.30. The van der Waals surface area contributed by atoms with E-state index >= 15 is 0 Å². The van der Waals surface area contributed by atoms with Gasteiger partial charge in [0.1, 0.15) is 5.75 Å². The molecule has 43 heavy (non-hydrogen) atoms. The van der Waals surface area contributed by atoms with Gasteiger partial charge < -0.3 is 15.4 Å². The smallest absolute Gasteiger partial charge is 0.263 e. The summed E-state index contributed by atoms with van der Waals surface area (Å²) in [5.41, 5.74) is 2.25. The Balaban J connectivity index is 1.09. The Hall–Kier alpha value is -3.35. The minimum atomic E-state index is -0.998. The molecule has 0 bridgehead atoms. The number of ether oxygens (including phenoxy) is 1. The topological polar surface area (TPSA) is 70.7 Å². The second kappa shape index (κ2) is 14.0. The van der Waals surface area contributed by atoms with Gasteiger partial charge in [0.15, 0.2) is 5.60 Å². The van der Waals surface area contributed by atoms with E-state index in [4.69, 9.17) is 16.3 Å². The summed E-state index contributed by atoms with van der Waals surface area (Å²) in [6.07, 6.45) is 8.48. The van der Waals surface area contributed by atoms with Crippen LogP contribution in [0.4, 0.5) is 0 Å². The first kappa shape index (κ1) is 31.1. The van der Waals surface area contributed by atoms with Gasteiger partial charge in [0, 0.05) is 28.7 Å². The number of likely N-dealkylation sites (tertiary alicyclic amines) is 1. The van der Waals surface area contributed by atoms with E-state index < -0.39 is 5.60 Å². The molecule has 0 radical (unpaired) electrons. The van der Waals surface area contributed by atoms with Crippen LogP contribution in [0.3, 0.4) is 0 Å². The fourth-order valence-corrected chi connectivity index (χ4v) is 6.65. The third kappa shape index (κ3) is 8.18. The van der Waals surface area contributed by atoms with Crippen LogP contribution in [0.2, 0.25) is 5.02 Å². The Labute approximate surface area is 261 Å². The van der Waals surface area contributed by atoms with Crippen molar-refractivity contribution >= 4 is 23.4 Å². The lowest BCUT2D eigenvalue weighted by Gasteiger charge is -2.47. The summed E-state index contributed by atoms with van der Waals surface area (Å²) >= 11 is 5.90. The Morgan fingerprint density at radius 1 is 0.907 bits per heavy atom. The van der Waals surface area contributed by atoms with Crippen LogP contribution in [0, 0.1) is 0 Å². The summed E-state index contributed by atoms with van der Waals surface area (Å²) in [5, 5.41) is 6.85. The zero-order valence-corrected chi connectivity index (χ0v) is 26.2. The first-order valence-corrected chi connectivity index (χ1v) is 16.0. The van der Waals surface area contributed by atoms with Gasteiger partial charge in [0.05, 0.1) is 0 Å². The molecule has 0 atom stereocenters. The van der Waals surface area contributed by atoms with E-state index in [1.807, 2.05) is 38.1 Å². The normalized spacial score (nSPS) is 20.9. The molecule has 2 N–H and O–H groups in total. The number of nitrogens with zero attached hydrogens (tertiary/aromatic N) is 1. The molecule has 6 nitrogen and oxygen atoms in total. The van der Waals surface area contributed by atoms with Gasteiger partial charge in [0.25, 0.3) is 11.8 Å². The third-order valence-electron chi connectivity index (χ3n) is 9.05. The number of carbonyl (C=O) groups excluding carboxylic acids is 2. The van der Waals surface area contributed by atoms with Crippen LogP contribution in [0.25, 0.3) is 0 Å². The van der Waals surface area contributed by atoms with Gasteiger partial charge in [0.2, 0.25) is 0 Å². The number of benzene rings is 3. The highest BCUT2D eigenvalue weighted by Crippen LogP contribution is 2.39. The molecule has 1 aliphatic heterocycles. The number of amides is 2. The average Bonchev–Trinajstić information content (AvgIpc) is 3.56. The number of nitrogens with one attached hydrogen (secondary N) is 2. The van der Waals surface area contributed by atoms with Gasteiger partial charge in [-0.25, -0.2) is 0 Å². The summed E-state index contributed by atoms with van der Waals surface area (Å²) in [5.74, 6) is 0.442. The Morgan fingerprint density at radius 3 is 2.21 bits per heavy atom. The summed E-state index contributed by atoms with van der Waals surface area (Å²) in [6, 6.07) is 25.6. The maximum absolute atomic E-state index is 13.4. The molecule has 1 saturated heterocycles.